The van der Waals surface area contributed by atoms with Gasteiger partial charge in [-0.25, -0.2) is 0 Å². The molecule has 1 radical (unpaired) electrons. The number of aliphatic imine (C=N–C) groups is 1. The number of nitrogens with zero attached hydrogens (tertiary/aromatic N) is 1. The number of hydrogen-bond acceptors (Lipinski definition) is 3. The van der Waals surface area contributed by atoms with Crippen LogP contribution < -0.4 is 17.2 Å². The van der Waals surface area contributed by atoms with E-state index in [2.05, 4.69) is 4.99 Å². The molecule has 0 rings (SSSR count). The summed E-state index contributed by atoms with van der Waals surface area (Å²) in [5.74, 6) is -0.913. The molecule has 0 aromatic rings. The summed E-state index contributed by atoms with van der Waals surface area (Å²) in [4.78, 5) is 14.0. The van der Waals surface area contributed by atoms with E-state index >= 15 is 0 Å². The van der Waals surface area contributed by atoms with Crippen molar-refractivity contribution in [3.8, 4) is 0 Å². The summed E-state index contributed by atoms with van der Waals surface area (Å²) in [6.07, 6.45) is 1.92. The number of nitrogens with two attached hydrogens (primary N) is 3. The van der Waals surface area contributed by atoms with Gasteiger partial charge in [-0.3, -0.25) is 9.79 Å². The van der Waals surface area contributed by atoms with E-state index in [4.69, 9.17) is 22.3 Å². The Hall–Kier alpha value is -0.781. The fourth-order valence-corrected chi connectivity index (χ4v) is 0.808. The largest absolute Gasteiger partial charge is 0.480 e. The first kappa shape index (κ1) is 15.7. The van der Waals surface area contributed by atoms with Crippen LogP contribution >= 0.6 is 0 Å². The maximum Gasteiger partial charge on any atom is 0.320 e. The molecule has 7 N–H and O–H groups in total. The second-order valence-corrected chi connectivity index (χ2v) is 2.75. The van der Waals surface area contributed by atoms with Crippen molar-refractivity contribution in [3.05, 3.63) is 0 Å². The number of aliphatic carboxylic acids is 1. The Kier molecular flexibility index (Phi) is 9.86. The molecular weight excluding hydrogens is 236 g/mol. The molecule has 7 heteroatoms. The number of carboxylic acid groups (broad SMARTS) is 1. The zero-order valence-corrected chi connectivity index (χ0v) is 8.68. The number of unbranched alkanes of at least 4 members (excludes halogenated alkanes) is 1. The Morgan fingerprint density at radius 3 is 2.36 bits per heavy atom. The summed E-state index contributed by atoms with van der Waals surface area (Å²) < 4.78 is 0. The molecule has 0 heterocycles. The average molecular weight is 252 g/mol. The van der Waals surface area contributed by atoms with Crippen LogP contribution in [0.25, 0.3) is 0 Å². The van der Waals surface area contributed by atoms with Gasteiger partial charge in [-0.05, 0) is 19.3 Å². The smallest absolute Gasteiger partial charge is 0.320 e. The molecule has 0 amide bonds. The van der Waals surface area contributed by atoms with E-state index in [0.29, 0.717) is 19.4 Å². The van der Waals surface area contributed by atoms with Crippen molar-refractivity contribution in [2.45, 2.75) is 25.3 Å². The normalized spacial score (nSPS) is 11.2. The molecule has 0 aromatic carbocycles. The van der Waals surface area contributed by atoms with Crippen LogP contribution in [0.5, 0.6) is 0 Å². The molecule has 0 fully saturated rings. The maximum atomic E-state index is 10.3. The zero-order valence-electron chi connectivity index (χ0n) is 7.74. The van der Waals surface area contributed by atoms with E-state index in [1.807, 2.05) is 0 Å². The molecule has 1 atom stereocenters. The molecule has 0 saturated carbocycles. The first-order valence-corrected chi connectivity index (χ1v) is 4.08. The van der Waals surface area contributed by atoms with Crippen LogP contribution in [-0.4, -0.2) is 29.6 Å². The minimum Gasteiger partial charge on any atom is -0.480 e. The number of guanidine groups is 1. The van der Waals surface area contributed by atoms with Crippen LogP contribution in [0.3, 0.4) is 0 Å². The average Bonchev–Trinajstić information content (AvgIpc) is 2.02. The van der Waals surface area contributed by atoms with Crippen molar-refractivity contribution in [1.29, 1.82) is 0 Å². The van der Waals surface area contributed by atoms with Crippen molar-refractivity contribution in [1.82, 2.24) is 0 Å². The zero-order chi connectivity index (χ0) is 10.3. The second kappa shape index (κ2) is 8.80. The molecule has 0 aliphatic heterocycles. The van der Waals surface area contributed by atoms with Gasteiger partial charge in [-0.2, -0.15) is 0 Å². The number of carboxylic acids is 1. The van der Waals surface area contributed by atoms with Gasteiger partial charge in [0.2, 0.25) is 0 Å². The van der Waals surface area contributed by atoms with Crippen LogP contribution in [0.4, 0.5) is 0 Å². The fourth-order valence-electron chi connectivity index (χ4n) is 0.808. The van der Waals surface area contributed by atoms with Crippen LogP contribution in [-0.2, 0) is 21.9 Å². The van der Waals surface area contributed by atoms with Gasteiger partial charge >= 0.3 is 5.97 Å². The second-order valence-electron chi connectivity index (χ2n) is 2.75. The standard InChI is InChI=1S/C7H16N4O2.Cu/c8-5(6(12)13)3-1-2-4-11-7(9)10;/h5H,1-4,8H2,(H,12,13)(H4,9,10,11);. The van der Waals surface area contributed by atoms with Gasteiger partial charge in [0.1, 0.15) is 6.04 Å². The first-order valence-electron chi connectivity index (χ1n) is 4.08. The molecule has 0 spiro atoms. The summed E-state index contributed by atoms with van der Waals surface area (Å²) in [5.41, 5.74) is 15.5. The molecule has 0 aliphatic rings. The fraction of sp³-hybridized carbons (Fsp3) is 0.714. The van der Waals surface area contributed by atoms with Gasteiger partial charge in [-0.1, -0.05) is 0 Å². The van der Waals surface area contributed by atoms with Gasteiger partial charge in [0, 0.05) is 23.6 Å². The molecule has 0 bridgehead atoms. The monoisotopic (exact) mass is 251 g/mol. The molecule has 0 aromatic heterocycles. The molecule has 6 nitrogen and oxygen atoms in total. The van der Waals surface area contributed by atoms with Crippen molar-refractivity contribution in [2.75, 3.05) is 6.54 Å². The third kappa shape index (κ3) is 9.31. The molecule has 0 aliphatic carbocycles. The van der Waals surface area contributed by atoms with E-state index in [0.717, 1.165) is 6.42 Å². The minimum absolute atomic E-state index is 0. The van der Waals surface area contributed by atoms with Gasteiger partial charge in [0.05, 0.1) is 0 Å². The Balaban J connectivity index is 0. The van der Waals surface area contributed by atoms with Gasteiger partial charge in [0.15, 0.2) is 5.96 Å². The summed E-state index contributed by atoms with van der Waals surface area (Å²) >= 11 is 0. The van der Waals surface area contributed by atoms with Gasteiger partial charge < -0.3 is 22.3 Å². The Morgan fingerprint density at radius 1 is 1.36 bits per heavy atom. The van der Waals surface area contributed by atoms with E-state index in [9.17, 15) is 4.79 Å². The summed E-state index contributed by atoms with van der Waals surface area (Å²) in [6, 6.07) is -0.779. The number of rotatable bonds is 6. The topological polar surface area (TPSA) is 128 Å². The number of hydrogen-bond donors (Lipinski definition) is 4. The first-order chi connectivity index (χ1) is 6.04. The maximum absolute atomic E-state index is 10.3. The predicted octanol–water partition coefficient (Wildman–Crippen LogP) is -1.16. The van der Waals surface area contributed by atoms with Gasteiger partial charge in [-0.15, -0.1) is 0 Å². The predicted molar refractivity (Wildman–Crippen MR) is 50.1 cm³/mol. The molecule has 0 saturated heterocycles. The summed E-state index contributed by atoms with van der Waals surface area (Å²) in [5, 5.41) is 8.43. The van der Waals surface area contributed by atoms with Crippen molar-refractivity contribution in [3.63, 3.8) is 0 Å². The van der Waals surface area contributed by atoms with Gasteiger partial charge in [0.25, 0.3) is 0 Å². The van der Waals surface area contributed by atoms with Crippen molar-refractivity contribution < 1.29 is 27.0 Å². The van der Waals surface area contributed by atoms with Crippen LogP contribution in [0.15, 0.2) is 4.99 Å². The Labute approximate surface area is 93.4 Å². The minimum atomic E-state index is -0.971. The van der Waals surface area contributed by atoms with Crippen LogP contribution in [0.2, 0.25) is 0 Å². The van der Waals surface area contributed by atoms with E-state index in [-0.39, 0.29) is 23.0 Å². The van der Waals surface area contributed by atoms with Crippen LogP contribution in [0.1, 0.15) is 19.3 Å². The van der Waals surface area contributed by atoms with Crippen molar-refractivity contribution in [2.24, 2.45) is 22.2 Å². The van der Waals surface area contributed by atoms with Crippen LogP contribution in [0, 0.1) is 0 Å². The molecule has 87 valence electrons. The Bertz CT molecular complexity index is 194. The summed E-state index contributed by atoms with van der Waals surface area (Å²) in [7, 11) is 0. The quantitative estimate of drug-likeness (QED) is 0.205. The van der Waals surface area contributed by atoms with E-state index in [1.165, 1.54) is 0 Å². The molecule has 1 unspecified atom stereocenters. The third-order valence-corrected chi connectivity index (χ3v) is 1.53. The van der Waals surface area contributed by atoms with E-state index < -0.39 is 12.0 Å². The summed E-state index contributed by atoms with van der Waals surface area (Å²) in [6.45, 7) is 0.522. The SMILES string of the molecule is NC(N)=NCCCCC(N)C(=O)O.[Cu]. The third-order valence-electron chi connectivity index (χ3n) is 1.53. The number of carbonyl (C=O) groups is 1. The van der Waals surface area contributed by atoms with Crippen molar-refractivity contribution >= 4 is 11.9 Å². The molecular formula is C7H16CuN4O2. The Morgan fingerprint density at radius 2 is 1.93 bits per heavy atom. The molecule has 14 heavy (non-hydrogen) atoms. The van der Waals surface area contributed by atoms with E-state index in [1.54, 1.807) is 0 Å².